The second kappa shape index (κ2) is 5.14. The number of nitrogens with one attached hydrogen (secondary N) is 2. The fourth-order valence-electron chi connectivity index (χ4n) is 3.23. The van der Waals surface area contributed by atoms with Crippen molar-refractivity contribution in [2.24, 2.45) is 0 Å². The number of anilines is 2. The zero-order valence-electron chi connectivity index (χ0n) is 11.8. The number of hydrogen-bond donors (Lipinski definition) is 2. The maximum Gasteiger partial charge on any atom is 0.145 e. The van der Waals surface area contributed by atoms with E-state index in [2.05, 4.69) is 30.1 Å². The van der Waals surface area contributed by atoms with Crippen molar-refractivity contribution in [1.82, 2.24) is 20.3 Å². The molecule has 7 heteroatoms. The van der Waals surface area contributed by atoms with Crippen LogP contribution < -0.4 is 15.1 Å². The number of fused-ring (bicyclic) bond motifs is 1. The smallest absolute Gasteiger partial charge is 0.145 e. The Balaban J connectivity index is 1.77. The van der Waals surface area contributed by atoms with E-state index >= 15 is 0 Å². The summed E-state index contributed by atoms with van der Waals surface area (Å²) >= 11 is 0. The summed E-state index contributed by atoms with van der Waals surface area (Å²) in [6.07, 6.45) is 3.40. The van der Waals surface area contributed by atoms with Gasteiger partial charge in [0.25, 0.3) is 0 Å². The summed E-state index contributed by atoms with van der Waals surface area (Å²) in [5, 5.41) is 4.37. The number of nitrogens with zero attached hydrogens (tertiary/aromatic N) is 4. The molecule has 2 N–H and O–H groups in total. The highest BCUT2D eigenvalue weighted by Gasteiger charge is 2.26. The van der Waals surface area contributed by atoms with Gasteiger partial charge in [-0.15, -0.1) is 0 Å². The molecule has 4 heterocycles. The first-order chi connectivity index (χ1) is 10.3. The number of H-pyrrole nitrogens is 1. The molecule has 0 unspecified atom stereocenters. The summed E-state index contributed by atoms with van der Waals surface area (Å²) in [7, 11) is 0. The first-order valence-corrected chi connectivity index (χ1v) is 7.49. The zero-order valence-corrected chi connectivity index (χ0v) is 11.8. The topological polar surface area (TPSA) is 60.1 Å². The number of rotatable bonds is 2. The van der Waals surface area contributed by atoms with Crippen LogP contribution in [0.15, 0.2) is 12.5 Å². The SMILES string of the molecule is F[C@H]1CCN(c2c[nH]c3ncnc(N4CCNCC4)c23)C1. The second-order valence-electron chi connectivity index (χ2n) is 5.66. The van der Waals surface area contributed by atoms with Crippen LogP contribution in [0.5, 0.6) is 0 Å². The van der Waals surface area contributed by atoms with Gasteiger partial charge in [-0.05, 0) is 6.42 Å². The van der Waals surface area contributed by atoms with Gasteiger partial charge >= 0.3 is 0 Å². The molecular weight excluding hydrogens is 271 g/mol. The molecule has 2 fully saturated rings. The van der Waals surface area contributed by atoms with Gasteiger partial charge in [-0.25, -0.2) is 14.4 Å². The standard InChI is InChI=1S/C14H19FN6/c15-10-1-4-21(8-10)11-7-17-13-12(11)14(19-9-18-13)20-5-2-16-3-6-20/h7,9-10,16H,1-6,8H2,(H,17,18,19)/t10-/m0/s1. The molecule has 0 bridgehead atoms. The van der Waals surface area contributed by atoms with Crippen molar-refractivity contribution in [2.45, 2.75) is 12.6 Å². The first-order valence-electron chi connectivity index (χ1n) is 7.49. The molecule has 1 atom stereocenters. The summed E-state index contributed by atoms with van der Waals surface area (Å²) in [6, 6.07) is 0. The minimum absolute atomic E-state index is 0.461. The van der Waals surface area contributed by atoms with Gasteiger partial charge in [0.2, 0.25) is 0 Å². The molecule has 21 heavy (non-hydrogen) atoms. The van der Waals surface area contributed by atoms with Gasteiger partial charge in [0.1, 0.15) is 24.0 Å². The minimum atomic E-state index is -0.734. The molecule has 0 aromatic carbocycles. The van der Waals surface area contributed by atoms with Gasteiger partial charge < -0.3 is 20.1 Å². The van der Waals surface area contributed by atoms with E-state index in [1.54, 1.807) is 6.33 Å². The van der Waals surface area contributed by atoms with E-state index in [-0.39, 0.29) is 0 Å². The molecule has 2 aliphatic rings. The predicted octanol–water partition coefficient (Wildman–Crippen LogP) is 0.916. The highest BCUT2D eigenvalue weighted by atomic mass is 19.1. The van der Waals surface area contributed by atoms with E-state index in [4.69, 9.17) is 0 Å². The molecule has 0 saturated carbocycles. The fourth-order valence-corrected chi connectivity index (χ4v) is 3.23. The normalized spacial score (nSPS) is 23.2. The largest absolute Gasteiger partial charge is 0.367 e. The second-order valence-corrected chi connectivity index (χ2v) is 5.66. The van der Waals surface area contributed by atoms with Crippen LogP contribution in [0.2, 0.25) is 0 Å². The van der Waals surface area contributed by atoms with Crippen LogP contribution in [-0.2, 0) is 0 Å². The van der Waals surface area contributed by atoms with Crippen LogP contribution in [0, 0.1) is 0 Å². The van der Waals surface area contributed by atoms with Crippen LogP contribution in [0.4, 0.5) is 15.9 Å². The molecule has 2 aliphatic heterocycles. The minimum Gasteiger partial charge on any atom is -0.367 e. The van der Waals surface area contributed by atoms with E-state index < -0.39 is 6.17 Å². The number of hydrogen-bond acceptors (Lipinski definition) is 5. The zero-order chi connectivity index (χ0) is 14.2. The molecule has 0 radical (unpaired) electrons. The number of alkyl halides is 1. The average molecular weight is 290 g/mol. The predicted molar refractivity (Wildman–Crippen MR) is 80.7 cm³/mol. The Kier molecular flexibility index (Phi) is 3.14. The van der Waals surface area contributed by atoms with E-state index in [1.807, 2.05) is 6.20 Å². The third kappa shape index (κ3) is 2.21. The van der Waals surface area contributed by atoms with E-state index in [1.165, 1.54) is 0 Å². The van der Waals surface area contributed by atoms with E-state index in [9.17, 15) is 4.39 Å². The third-order valence-corrected chi connectivity index (χ3v) is 4.32. The number of aromatic amines is 1. The lowest BCUT2D eigenvalue weighted by molar-refractivity contribution is 0.364. The number of halogens is 1. The van der Waals surface area contributed by atoms with Crippen LogP contribution in [0.1, 0.15) is 6.42 Å². The fraction of sp³-hybridized carbons (Fsp3) is 0.571. The van der Waals surface area contributed by atoms with Gasteiger partial charge in [-0.3, -0.25) is 0 Å². The maximum absolute atomic E-state index is 13.5. The molecule has 2 aromatic rings. The van der Waals surface area contributed by atoms with Crippen LogP contribution in [0.25, 0.3) is 11.0 Å². The lowest BCUT2D eigenvalue weighted by atomic mass is 10.2. The lowest BCUT2D eigenvalue weighted by Crippen LogP contribution is -2.44. The summed E-state index contributed by atoms with van der Waals surface area (Å²) in [6.45, 7) is 5.00. The molecule has 112 valence electrons. The number of aromatic nitrogens is 3. The summed E-state index contributed by atoms with van der Waals surface area (Å²) < 4.78 is 13.5. The van der Waals surface area contributed by atoms with Crippen molar-refractivity contribution in [3.8, 4) is 0 Å². The molecule has 6 nitrogen and oxygen atoms in total. The maximum atomic E-state index is 13.5. The highest BCUT2D eigenvalue weighted by Crippen LogP contribution is 2.34. The van der Waals surface area contributed by atoms with Gasteiger partial charge in [-0.2, -0.15) is 0 Å². The van der Waals surface area contributed by atoms with Crippen molar-refractivity contribution < 1.29 is 4.39 Å². The average Bonchev–Trinajstić information content (AvgIpc) is 3.13. The lowest BCUT2D eigenvalue weighted by Gasteiger charge is -2.29. The summed E-state index contributed by atoms with van der Waals surface area (Å²) in [5.74, 6) is 0.958. The van der Waals surface area contributed by atoms with Gasteiger partial charge in [0.05, 0.1) is 11.1 Å². The third-order valence-electron chi connectivity index (χ3n) is 4.32. The monoisotopic (exact) mass is 290 g/mol. The van der Waals surface area contributed by atoms with Gasteiger partial charge in [0.15, 0.2) is 0 Å². The molecule has 0 amide bonds. The molecule has 4 rings (SSSR count). The molecule has 2 aromatic heterocycles. The Labute approximate surface area is 122 Å². The first kappa shape index (κ1) is 12.8. The van der Waals surface area contributed by atoms with Crippen molar-refractivity contribution in [1.29, 1.82) is 0 Å². The molecule has 0 aliphatic carbocycles. The summed E-state index contributed by atoms with van der Waals surface area (Å²) in [4.78, 5) is 16.4. The Morgan fingerprint density at radius 3 is 2.76 bits per heavy atom. The van der Waals surface area contributed by atoms with Crippen LogP contribution in [-0.4, -0.2) is 60.4 Å². The van der Waals surface area contributed by atoms with E-state index in [0.717, 1.165) is 55.3 Å². The van der Waals surface area contributed by atoms with Crippen LogP contribution in [0.3, 0.4) is 0 Å². The van der Waals surface area contributed by atoms with E-state index in [0.29, 0.717) is 13.0 Å². The molecule has 0 spiro atoms. The Hall–Kier alpha value is -1.89. The Morgan fingerprint density at radius 1 is 1.14 bits per heavy atom. The van der Waals surface area contributed by atoms with Gasteiger partial charge in [0, 0.05) is 45.5 Å². The van der Waals surface area contributed by atoms with Crippen molar-refractivity contribution in [2.75, 3.05) is 49.1 Å². The highest BCUT2D eigenvalue weighted by molar-refractivity contribution is 5.99. The van der Waals surface area contributed by atoms with Crippen molar-refractivity contribution in [3.63, 3.8) is 0 Å². The Morgan fingerprint density at radius 2 is 2.00 bits per heavy atom. The van der Waals surface area contributed by atoms with Crippen molar-refractivity contribution in [3.05, 3.63) is 12.5 Å². The van der Waals surface area contributed by atoms with Crippen LogP contribution >= 0.6 is 0 Å². The summed E-state index contributed by atoms with van der Waals surface area (Å²) in [5.41, 5.74) is 1.86. The quantitative estimate of drug-likeness (QED) is 0.861. The van der Waals surface area contributed by atoms with Gasteiger partial charge in [-0.1, -0.05) is 0 Å². The molecule has 2 saturated heterocycles. The van der Waals surface area contributed by atoms with Crippen molar-refractivity contribution >= 4 is 22.5 Å². The Bertz CT molecular complexity index is 635. The molecular formula is C14H19FN6. The number of piperazine rings is 1.